The van der Waals surface area contributed by atoms with Crippen LogP contribution < -0.4 is 0 Å². The molecule has 125 heavy (non-hydrogen) atoms. The van der Waals surface area contributed by atoms with E-state index in [9.17, 15) is 0 Å². The summed E-state index contributed by atoms with van der Waals surface area (Å²) in [5.41, 5.74) is 22.4. The van der Waals surface area contributed by atoms with Crippen molar-refractivity contribution in [3.63, 3.8) is 0 Å². The largest absolute Gasteiger partial charge is 0.450 e. The van der Waals surface area contributed by atoms with Crippen molar-refractivity contribution in [1.29, 1.82) is 0 Å². The third-order valence-corrected chi connectivity index (χ3v) is 24.7. The van der Waals surface area contributed by atoms with Gasteiger partial charge in [-0.2, -0.15) is 0 Å². The van der Waals surface area contributed by atoms with E-state index in [4.69, 9.17) is 61.4 Å². The van der Waals surface area contributed by atoms with Crippen LogP contribution in [-0.2, 0) is 0 Å². The summed E-state index contributed by atoms with van der Waals surface area (Å²) in [5, 5.41) is 20.3. The maximum absolute atomic E-state index is 6.51. The summed E-state index contributed by atoms with van der Waals surface area (Å²) >= 11 is 0. The molecule has 0 aliphatic carbocycles. The van der Waals surface area contributed by atoms with E-state index in [1.165, 1.54) is 10.8 Å². The molecular formula is C109H60N10O6. The van der Waals surface area contributed by atoms with Crippen molar-refractivity contribution in [3.05, 3.63) is 364 Å². The predicted octanol–water partition coefficient (Wildman–Crippen LogP) is 28.8. The molecule has 13 heterocycles. The van der Waals surface area contributed by atoms with Gasteiger partial charge in [-0.25, -0.2) is 29.9 Å². The normalized spacial score (nSPS) is 12.2. The molecule has 0 fully saturated rings. The third kappa shape index (κ3) is 10.1. The van der Waals surface area contributed by atoms with Crippen molar-refractivity contribution in [2.45, 2.75) is 0 Å². The van der Waals surface area contributed by atoms with Gasteiger partial charge in [-0.15, -0.1) is 0 Å². The second kappa shape index (κ2) is 26.6. The average Bonchev–Trinajstić information content (AvgIpc) is 1.50. The molecule has 16 aromatic carbocycles. The summed E-state index contributed by atoms with van der Waals surface area (Å²) in [5.74, 6) is 1.69. The molecule has 0 spiro atoms. The first-order valence-corrected chi connectivity index (χ1v) is 41.5. The van der Waals surface area contributed by atoms with E-state index in [-0.39, 0.29) is 0 Å². The standard InChI is InChI=1S/C42H23N3O2.C37H20N4O2.C30H17N3O2/c1-2-12-25-23-26(22-21-24(25)11-1)36-35-29-15-5-3-13-27(29)28-14-4-6-16-30(28)37(35)44-42(43-36)45-38-31-17-7-9-19-33(31)46-40(38)41-39(45)32-18-8-10-20-34(32)47-41;1-3-13-23-21(11-1)22-12-2-4-14-24(22)31-30(23)32(27-17-9-10-20-38-27)40-37(39-31)41-33-25-15-5-7-18-28(25)42-35(33)36-34(41)26-16-6-8-19-29(26)43-36;1-2-10-18(11-3-1)25-19-12-4-7-15-22(19)31-30(32-25)33-26-20-13-5-8-16-23(20)34-28(26)29-27(33)21-14-6-9-17-24(21)35-29/h1-23H;1-20H;1-17H. The first-order chi connectivity index (χ1) is 62.0. The van der Waals surface area contributed by atoms with Crippen LogP contribution in [0.25, 0.3) is 271 Å². The van der Waals surface area contributed by atoms with Crippen LogP contribution in [0.15, 0.2) is 391 Å². The Labute approximate surface area is 705 Å². The summed E-state index contributed by atoms with van der Waals surface area (Å²) in [6.07, 6.45) is 1.81. The Morgan fingerprint density at radius 1 is 0.200 bits per heavy atom. The highest BCUT2D eigenvalue weighted by atomic mass is 16.4. The molecule has 0 radical (unpaired) electrons. The lowest BCUT2D eigenvalue weighted by Gasteiger charge is -2.16. The SMILES string of the molecule is c1ccc(-c2nc(-n3c4c5ccccc5oc4c4oc5ccccc5c43)nc3c4ccccc4c4ccccc4c23)nc1.c1ccc(-c2nc(-n3c4c5ccccc5oc4c4oc5ccccc5c43)nc3ccccc23)cc1.c1ccc2cc(-c3nc(-n4c5c6ccccc6oc5c5oc6ccccc6c54)nc4c5ccccc5c5ccccc5c34)ccc2c1. The van der Waals surface area contributed by atoms with Crippen LogP contribution in [0.4, 0.5) is 0 Å². The zero-order valence-electron chi connectivity index (χ0n) is 66.1. The fraction of sp³-hybridized carbons (Fsp3) is 0. The van der Waals surface area contributed by atoms with E-state index >= 15 is 0 Å². The van der Waals surface area contributed by atoms with Gasteiger partial charge in [0.2, 0.25) is 17.8 Å². The fourth-order valence-corrected chi connectivity index (χ4v) is 19.3. The van der Waals surface area contributed by atoms with E-state index in [1.54, 1.807) is 0 Å². The van der Waals surface area contributed by atoms with Crippen molar-refractivity contribution in [2.75, 3.05) is 0 Å². The maximum Gasteiger partial charge on any atom is 0.236 e. The number of benzene rings is 16. The molecular weight excluding hydrogens is 1550 g/mol. The summed E-state index contributed by atoms with van der Waals surface area (Å²) in [6, 6.07) is 122. The average molecular weight is 1610 g/mol. The van der Waals surface area contributed by atoms with Crippen LogP contribution >= 0.6 is 0 Å². The Hall–Kier alpha value is -17.4. The van der Waals surface area contributed by atoms with Crippen LogP contribution in [0.5, 0.6) is 0 Å². The molecule has 16 nitrogen and oxygen atoms in total. The predicted molar refractivity (Wildman–Crippen MR) is 502 cm³/mol. The minimum absolute atomic E-state index is 0.534. The number of nitrogens with zero attached hydrogens (tertiary/aromatic N) is 10. The number of para-hydroxylation sites is 7. The Balaban J connectivity index is 0.0000000988. The van der Waals surface area contributed by atoms with E-state index < -0.39 is 0 Å². The quantitative estimate of drug-likeness (QED) is 0.143. The van der Waals surface area contributed by atoms with Crippen LogP contribution in [-0.4, -0.2) is 48.6 Å². The van der Waals surface area contributed by atoms with Gasteiger partial charge in [0, 0.05) is 76.6 Å². The zero-order valence-corrected chi connectivity index (χ0v) is 66.1. The summed E-state index contributed by atoms with van der Waals surface area (Å²) in [6.45, 7) is 0. The molecule has 13 aromatic heterocycles. The topological polar surface area (TPSA) is 184 Å². The van der Waals surface area contributed by atoms with Gasteiger partial charge in [-0.05, 0) is 140 Å². The van der Waals surface area contributed by atoms with E-state index in [1.807, 2.05) is 170 Å². The van der Waals surface area contributed by atoms with Crippen LogP contribution in [0.1, 0.15) is 0 Å². The molecule has 0 bridgehead atoms. The Bertz CT molecular complexity index is 9360. The van der Waals surface area contributed by atoms with Crippen molar-refractivity contribution >= 4 is 219 Å². The molecule has 582 valence electrons. The highest BCUT2D eigenvalue weighted by Crippen LogP contribution is 2.50. The molecule has 0 amide bonds. The van der Waals surface area contributed by atoms with Gasteiger partial charge in [0.25, 0.3) is 0 Å². The zero-order chi connectivity index (χ0) is 81.6. The summed E-state index contributed by atoms with van der Waals surface area (Å²) in [7, 11) is 0. The van der Waals surface area contributed by atoms with Gasteiger partial charge in [-0.1, -0.05) is 261 Å². The number of rotatable bonds is 6. The number of fused-ring (bicyclic) bond motifs is 35. The van der Waals surface area contributed by atoms with E-state index in [0.29, 0.717) is 51.3 Å². The van der Waals surface area contributed by atoms with E-state index in [2.05, 4.69) is 208 Å². The lowest BCUT2D eigenvalue weighted by Crippen LogP contribution is -2.04. The van der Waals surface area contributed by atoms with Crippen molar-refractivity contribution < 1.29 is 26.5 Å². The van der Waals surface area contributed by atoms with Crippen molar-refractivity contribution in [2.24, 2.45) is 0 Å². The van der Waals surface area contributed by atoms with Gasteiger partial charge in [-0.3, -0.25) is 18.7 Å². The summed E-state index contributed by atoms with van der Waals surface area (Å²) in [4.78, 5) is 36.7. The number of pyridine rings is 1. The van der Waals surface area contributed by atoms with Gasteiger partial charge in [0.05, 0.1) is 33.6 Å². The van der Waals surface area contributed by atoms with Gasteiger partial charge >= 0.3 is 0 Å². The number of hydrogen-bond acceptors (Lipinski definition) is 13. The molecule has 16 heteroatoms. The van der Waals surface area contributed by atoms with Gasteiger partial charge in [0.1, 0.15) is 72.3 Å². The number of aromatic nitrogens is 10. The first kappa shape index (κ1) is 68.5. The molecule has 0 unspecified atom stereocenters. The summed E-state index contributed by atoms with van der Waals surface area (Å²) < 4.78 is 44.9. The Kier molecular flexibility index (Phi) is 14.6. The fourth-order valence-electron chi connectivity index (χ4n) is 19.3. The molecule has 0 saturated heterocycles. The molecule has 0 N–H and O–H groups in total. The molecule has 0 atom stereocenters. The number of hydrogen-bond donors (Lipinski definition) is 0. The Morgan fingerprint density at radius 2 is 0.512 bits per heavy atom. The minimum atomic E-state index is 0.534. The van der Waals surface area contributed by atoms with Crippen LogP contribution in [0.2, 0.25) is 0 Å². The molecule has 0 aliphatic heterocycles. The molecule has 0 saturated carbocycles. The lowest BCUT2D eigenvalue weighted by atomic mass is 9.94. The highest BCUT2D eigenvalue weighted by molar-refractivity contribution is 6.30. The van der Waals surface area contributed by atoms with Crippen LogP contribution in [0, 0.1) is 0 Å². The highest BCUT2D eigenvalue weighted by Gasteiger charge is 2.32. The molecule has 29 rings (SSSR count). The van der Waals surface area contributed by atoms with Crippen molar-refractivity contribution in [3.8, 4) is 51.7 Å². The monoisotopic (exact) mass is 1600 g/mol. The first-order valence-electron chi connectivity index (χ1n) is 41.5. The van der Waals surface area contributed by atoms with E-state index in [0.717, 1.165) is 209 Å². The van der Waals surface area contributed by atoms with Gasteiger partial charge < -0.3 is 26.5 Å². The third-order valence-electron chi connectivity index (χ3n) is 24.7. The minimum Gasteiger partial charge on any atom is -0.450 e. The molecule has 29 aromatic rings. The van der Waals surface area contributed by atoms with Gasteiger partial charge in [0.15, 0.2) is 33.5 Å². The second-order valence-corrected chi connectivity index (χ2v) is 31.6. The Morgan fingerprint density at radius 3 is 0.928 bits per heavy atom. The second-order valence-electron chi connectivity index (χ2n) is 31.6. The molecule has 0 aliphatic rings. The maximum atomic E-state index is 6.51. The van der Waals surface area contributed by atoms with Crippen LogP contribution in [0.3, 0.4) is 0 Å². The smallest absolute Gasteiger partial charge is 0.236 e. The number of furan rings is 6. The lowest BCUT2D eigenvalue weighted by molar-refractivity contribution is 0.634. The van der Waals surface area contributed by atoms with Crippen molar-refractivity contribution in [1.82, 2.24) is 48.6 Å².